The maximum atomic E-state index is 13.2. The van der Waals surface area contributed by atoms with Gasteiger partial charge in [0.1, 0.15) is 6.04 Å². The molecule has 156 valence electrons. The summed E-state index contributed by atoms with van der Waals surface area (Å²) in [5.74, 6) is -0.300. The van der Waals surface area contributed by atoms with Crippen LogP contribution in [-0.2, 0) is 22.6 Å². The predicted octanol–water partition coefficient (Wildman–Crippen LogP) is 5.18. The number of carbonyl (C=O) groups is 2. The molecule has 4 nitrogen and oxygen atoms in total. The summed E-state index contributed by atoms with van der Waals surface area (Å²) < 4.78 is 0. The van der Waals surface area contributed by atoms with Crippen molar-refractivity contribution < 1.29 is 9.59 Å². The SMILES string of the molecule is CCC(C)NC(=O)C(C)N(Cc1cccc(C)c1)C(=O)Cc1ccc(Cl)c(Cl)c1. The molecule has 2 aromatic carbocycles. The van der Waals surface area contributed by atoms with Crippen molar-refractivity contribution in [3.8, 4) is 0 Å². The second kappa shape index (κ2) is 10.7. The van der Waals surface area contributed by atoms with Crippen molar-refractivity contribution in [1.29, 1.82) is 0 Å². The first kappa shape index (κ1) is 23.2. The number of benzene rings is 2. The van der Waals surface area contributed by atoms with E-state index in [1.165, 1.54) is 0 Å². The summed E-state index contributed by atoms with van der Waals surface area (Å²) in [6, 6.07) is 12.6. The number of amides is 2. The third-order valence-electron chi connectivity index (χ3n) is 4.94. The Morgan fingerprint density at radius 3 is 2.38 bits per heavy atom. The van der Waals surface area contributed by atoms with Gasteiger partial charge in [-0.15, -0.1) is 0 Å². The number of halogens is 2. The van der Waals surface area contributed by atoms with E-state index in [2.05, 4.69) is 5.32 Å². The normalized spacial score (nSPS) is 12.9. The summed E-state index contributed by atoms with van der Waals surface area (Å²) in [6.45, 7) is 8.09. The number of nitrogens with zero attached hydrogens (tertiary/aromatic N) is 1. The zero-order valence-electron chi connectivity index (χ0n) is 17.3. The Bertz CT molecular complexity index is 870. The van der Waals surface area contributed by atoms with E-state index in [0.717, 1.165) is 23.1 Å². The van der Waals surface area contributed by atoms with Crippen molar-refractivity contribution in [1.82, 2.24) is 10.2 Å². The molecule has 0 bridgehead atoms. The Morgan fingerprint density at radius 2 is 1.76 bits per heavy atom. The lowest BCUT2D eigenvalue weighted by Crippen LogP contribution is -2.49. The summed E-state index contributed by atoms with van der Waals surface area (Å²) in [6.07, 6.45) is 0.969. The molecule has 0 spiro atoms. The third-order valence-corrected chi connectivity index (χ3v) is 5.68. The van der Waals surface area contributed by atoms with E-state index in [1.807, 2.05) is 45.0 Å². The highest BCUT2D eigenvalue weighted by molar-refractivity contribution is 6.42. The van der Waals surface area contributed by atoms with Gasteiger partial charge in [-0.2, -0.15) is 0 Å². The van der Waals surface area contributed by atoms with Crippen molar-refractivity contribution in [3.63, 3.8) is 0 Å². The van der Waals surface area contributed by atoms with Gasteiger partial charge in [0, 0.05) is 12.6 Å². The maximum absolute atomic E-state index is 13.2. The van der Waals surface area contributed by atoms with E-state index in [0.29, 0.717) is 16.6 Å². The van der Waals surface area contributed by atoms with E-state index in [4.69, 9.17) is 23.2 Å². The van der Waals surface area contributed by atoms with Gasteiger partial charge in [-0.05, 0) is 50.5 Å². The van der Waals surface area contributed by atoms with Gasteiger partial charge in [-0.1, -0.05) is 66.0 Å². The lowest BCUT2D eigenvalue weighted by atomic mass is 10.1. The van der Waals surface area contributed by atoms with Crippen LogP contribution in [0.15, 0.2) is 42.5 Å². The summed E-state index contributed by atoms with van der Waals surface area (Å²) in [5, 5.41) is 3.82. The Balaban J connectivity index is 2.25. The average molecular weight is 435 g/mol. The first-order valence-corrected chi connectivity index (χ1v) is 10.6. The highest BCUT2D eigenvalue weighted by Gasteiger charge is 2.27. The molecule has 0 aliphatic rings. The van der Waals surface area contributed by atoms with E-state index in [1.54, 1.807) is 30.0 Å². The summed E-state index contributed by atoms with van der Waals surface area (Å²) in [4.78, 5) is 27.5. The van der Waals surface area contributed by atoms with Crippen LogP contribution < -0.4 is 5.32 Å². The van der Waals surface area contributed by atoms with Crippen LogP contribution in [0.25, 0.3) is 0 Å². The third kappa shape index (κ3) is 6.76. The Labute approximate surface area is 183 Å². The molecule has 2 unspecified atom stereocenters. The first-order chi connectivity index (χ1) is 13.7. The van der Waals surface area contributed by atoms with Crippen molar-refractivity contribution in [3.05, 3.63) is 69.2 Å². The molecule has 0 aliphatic heterocycles. The van der Waals surface area contributed by atoms with E-state index >= 15 is 0 Å². The fraction of sp³-hybridized carbons (Fsp3) is 0.391. The molecule has 0 aliphatic carbocycles. The smallest absolute Gasteiger partial charge is 0.242 e. The van der Waals surface area contributed by atoms with Crippen LogP contribution in [0.3, 0.4) is 0 Å². The van der Waals surface area contributed by atoms with Crippen LogP contribution >= 0.6 is 23.2 Å². The molecular formula is C23H28Cl2N2O2. The first-order valence-electron chi connectivity index (χ1n) is 9.80. The van der Waals surface area contributed by atoms with Crippen LogP contribution in [0.5, 0.6) is 0 Å². The lowest BCUT2D eigenvalue weighted by molar-refractivity contribution is -0.140. The van der Waals surface area contributed by atoms with Crippen LogP contribution in [0.2, 0.25) is 10.0 Å². The van der Waals surface area contributed by atoms with Gasteiger partial charge < -0.3 is 10.2 Å². The highest BCUT2D eigenvalue weighted by Crippen LogP contribution is 2.23. The quantitative estimate of drug-likeness (QED) is 0.622. The number of aryl methyl sites for hydroxylation is 1. The number of hydrogen-bond acceptors (Lipinski definition) is 2. The molecule has 2 atom stereocenters. The second-order valence-electron chi connectivity index (χ2n) is 7.43. The molecule has 2 rings (SSSR count). The molecule has 2 aromatic rings. The van der Waals surface area contributed by atoms with Crippen molar-refractivity contribution in [2.45, 2.75) is 59.2 Å². The van der Waals surface area contributed by atoms with Gasteiger partial charge in [-0.25, -0.2) is 0 Å². The summed E-state index contributed by atoms with van der Waals surface area (Å²) in [5.41, 5.74) is 2.85. The Hall–Kier alpha value is -2.04. The Morgan fingerprint density at radius 1 is 1.03 bits per heavy atom. The zero-order valence-corrected chi connectivity index (χ0v) is 18.8. The number of carbonyl (C=O) groups excluding carboxylic acids is 2. The molecular weight excluding hydrogens is 407 g/mol. The van der Waals surface area contributed by atoms with Crippen LogP contribution in [0, 0.1) is 6.92 Å². The lowest BCUT2D eigenvalue weighted by Gasteiger charge is -2.30. The molecule has 0 aromatic heterocycles. The average Bonchev–Trinajstić information content (AvgIpc) is 2.68. The fourth-order valence-corrected chi connectivity index (χ4v) is 3.30. The minimum Gasteiger partial charge on any atom is -0.352 e. The highest BCUT2D eigenvalue weighted by atomic mass is 35.5. The molecule has 2 amide bonds. The monoisotopic (exact) mass is 434 g/mol. The van der Waals surface area contributed by atoms with Gasteiger partial charge in [-0.3, -0.25) is 9.59 Å². The number of hydrogen-bond donors (Lipinski definition) is 1. The van der Waals surface area contributed by atoms with Crippen molar-refractivity contribution >= 4 is 35.0 Å². The van der Waals surface area contributed by atoms with Crippen LogP contribution in [0.4, 0.5) is 0 Å². The van der Waals surface area contributed by atoms with Gasteiger partial charge in [0.15, 0.2) is 0 Å². The second-order valence-corrected chi connectivity index (χ2v) is 8.24. The summed E-state index contributed by atoms with van der Waals surface area (Å²) in [7, 11) is 0. The van der Waals surface area contributed by atoms with Gasteiger partial charge in [0.25, 0.3) is 0 Å². The van der Waals surface area contributed by atoms with Gasteiger partial charge in [0.2, 0.25) is 11.8 Å². The molecule has 0 fully saturated rings. The van der Waals surface area contributed by atoms with Gasteiger partial charge in [0.05, 0.1) is 16.5 Å². The minimum atomic E-state index is -0.597. The fourth-order valence-electron chi connectivity index (χ4n) is 2.98. The van der Waals surface area contributed by atoms with E-state index in [-0.39, 0.29) is 24.3 Å². The molecule has 0 heterocycles. The van der Waals surface area contributed by atoms with E-state index in [9.17, 15) is 9.59 Å². The van der Waals surface area contributed by atoms with Crippen LogP contribution in [-0.4, -0.2) is 28.8 Å². The van der Waals surface area contributed by atoms with Crippen molar-refractivity contribution in [2.24, 2.45) is 0 Å². The van der Waals surface area contributed by atoms with Crippen molar-refractivity contribution in [2.75, 3.05) is 0 Å². The Kier molecular flexibility index (Phi) is 8.54. The van der Waals surface area contributed by atoms with E-state index < -0.39 is 6.04 Å². The topological polar surface area (TPSA) is 49.4 Å². The number of rotatable bonds is 8. The predicted molar refractivity (Wildman–Crippen MR) is 119 cm³/mol. The largest absolute Gasteiger partial charge is 0.352 e. The molecule has 1 N–H and O–H groups in total. The molecule has 6 heteroatoms. The number of nitrogens with one attached hydrogen (secondary N) is 1. The van der Waals surface area contributed by atoms with Crippen LogP contribution in [0.1, 0.15) is 43.9 Å². The molecule has 0 saturated carbocycles. The standard InChI is InChI=1S/C23H28Cl2N2O2/c1-5-16(3)26-23(29)17(4)27(14-19-8-6-7-15(2)11-19)22(28)13-18-9-10-20(24)21(25)12-18/h6-12,16-17H,5,13-14H2,1-4H3,(H,26,29). The maximum Gasteiger partial charge on any atom is 0.242 e. The van der Waals surface area contributed by atoms with Gasteiger partial charge >= 0.3 is 0 Å². The summed E-state index contributed by atoms with van der Waals surface area (Å²) >= 11 is 12.1. The molecule has 0 saturated heterocycles. The zero-order chi connectivity index (χ0) is 21.6. The molecule has 0 radical (unpaired) electrons. The molecule has 29 heavy (non-hydrogen) atoms. The minimum absolute atomic E-state index is 0.0518.